The van der Waals surface area contributed by atoms with Crippen LogP contribution in [0.2, 0.25) is 0 Å². The van der Waals surface area contributed by atoms with Gasteiger partial charge in [-0.25, -0.2) is 0 Å². The van der Waals surface area contributed by atoms with Gasteiger partial charge in [-0.3, -0.25) is 0 Å². The highest BCUT2D eigenvalue weighted by Crippen LogP contribution is 2.45. The van der Waals surface area contributed by atoms with Crippen molar-refractivity contribution >= 4 is 0 Å². The third kappa shape index (κ3) is 1.13. The van der Waals surface area contributed by atoms with Crippen LogP contribution in [0.5, 0.6) is 0 Å². The predicted molar refractivity (Wildman–Crippen MR) is 51.7 cm³/mol. The van der Waals surface area contributed by atoms with E-state index in [-0.39, 0.29) is 0 Å². The van der Waals surface area contributed by atoms with E-state index in [1.165, 1.54) is 24.0 Å². The van der Waals surface area contributed by atoms with Gasteiger partial charge in [0.05, 0.1) is 17.7 Å². The molecule has 3 rings (SSSR count). The maximum atomic E-state index is 8.80. The highest BCUT2D eigenvalue weighted by Gasteiger charge is 2.42. The molecule has 0 bridgehead atoms. The number of nitriles is 1. The van der Waals surface area contributed by atoms with Crippen LogP contribution in [0.15, 0.2) is 18.2 Å². The zero-order chi connectivity index (χ0) is 9.54. The van der Waals surface area contributed by atoms with E-state index in [0.717, 1.165) is 12.0 Å². The summed E-state index contributed by atoms with van der Waals surface area (Å²) < 4.78 is 5.57. The van der Waals surface area contributed by atoms with Crippen LogP contribution in [0.4, 0.5) is 0 Å². The third-order valence-electron chi connectivity index (χ3n) is 3.10. The van der Waals surface area contributed by atoms with Crippen LogP contribution >= 0.6 is 0 Å². The number of aryl methyl sites for hydroxylation is 1. The number of nitrogens with zero attached hydrogens (tertiary/aromatic N) is 1. The van der Waals surface area contributed by atoms with Crippen molar-refractivity contribution in [3.63, 3.8) is 0 Å². The van der Waals surface area contributed by atoms with Crippen molar-refractivity contribution in [1.82, 2.24) is 0 Å². The number of benzene rings is 1. The number of hydrogen-bond donors (Lipinski definition) is 0. The highest BCUT2D eigenvalue weighted by atomic mass is 16.6. The smallest absolute Gasteiger partial charge is 0.109 e. The fourth-order valence-electron chi connectivity index (χ4n) is 2.30. The summed E-state index contributed by atoms with van der Waals surface area (Å²) in [5.41, 5.74) is 3.39. The standard InChI is InChI=1S/C12H11NO/c13-7-8-4-5-10-9(6-8)2-1-3-11-12(10)14-11/h4-6,11-12H,1-3H2/t11-,12-/m1/s1. The number of ether oxygens (including phenoxy) is 1. The van der Waals surface area contributed by atoms with Gasteiger partial charge in [-0.05, 0) is 42.5 Å². The molecule has 1 aliphatic heterocycles. The second-order valence-corrected chi connectivity index (χ2v) is 4.01. The van der Waals surface area contributed by atoms with Gasteiger partial charge in [0.25, 0.3) is 0 Å². The summed E-state index contributed by atoms with van der Waals surface area (Å²) in [5, 5.41) is 8.80. The summed E-state index contributed by atoms with van der Waals surface area (Å²) in [5.74, 6) is 0. The van der Waals surface area contributed by atoms with Gasteiger partial charge < -0.3 is 4.74 Å². The highest BCUT2D eigenvalue weighted by molar-refractivity contribution is 5.41. The zero-order valence-corrected chi connectivity index (χ0v) is 7.86. The molecule has 2 heteroatoms. The first-order valence-electron chi connectivity index (χ1n) is 5.07. The third-order valence-corrected chi connectivity index (χ3v) is 3.10. The number of epoxide rings is 1. The summed E-state index contributed by atoms with van der Waals surface area (Å²) in [6.07, 6.45) is 4.25. The average Bonchev–Trinajstić information content (AvgIpc) is 2.96. The summed E-state index contributed by atoms with van der Waals surface area (Å²) in [7, 11) is 0. The first-order valence-corrected chi connectivity index (χ1v) is 5.07. The van der Waals surface area contributed by atoms with E-state index in [4.69, 9.17) is 10.00 Å². The molecule has 2 atom stereocenters. The minimum Gasteiger partial charge on any atom is -0.364 e. The monoisotopic (exact) mass is 185 g/mol. The van der Waals surface area contributed by atoms with Crippen LogP contribution in [0.25, 0.3) is 0 Å². The second kappa shape index (κ2) is 2.83. The summed E-state index contributed by atoms with van der Waals surface area (Å²) in [6.45, 7) is 0. The van der Waals surface area contributed by atoms with Crippen LogP contribution in [0, 0.1) is 11.3 Å². The molecular weight excluding hydrogens is 174 g/mol. The molecule has 0 spiro atoms. The van der Waals surface area contributed by atoms with Gasteiger partial charge in [0.2, 0.25) is 0 Å². The van der Waals surface area contributed by atoms with E-state index in [9.17, 15) is 0 Å². The first-order chi connectivity index (χ1) is 6.88. The van der Waals surface area contributed by atoms with Crippen molar-refractivity contribution in [2.75, 3.05) is 0 Å². The van der Waals surface area contributed by atoms with Gasteiger partial charge in [-0.2, -0.15) is 5.26 Å². The van der Waals surface area contributed by atoms with E-state index in [2.05, 4.69) is 12.1 Å². The molecule has 1 aromatic carbocycles. The molecule has 14 heavy (non-hydrogen) atoms. The fraction of sp³-hybridized carbons (Fsp3) is 0.417. The van der Waals surface area contributed by atoms with Gasteiger partial charge in [0.1, 0.15) is 6.10 Å². The fourth-order valence-corrected chi connectivity index (χ4v) is 2.30. The lowest BCUT2D eigenvalue weighted by molar-refractivity contribution is 0.357. The molecule has 0 radical (unpaired) electrons. The van der Waals surface area contributed by atoms with E-state index < -0.39 is 0 Å². The molecule has 1 fully saturated rings. The van der Waals surface area contributed by atoms with E-state index in [0.29, 0.717) is 12.2 Å². The Labute approximate surface area is 83.1 Å². The molecule has 0 N–H and O–H groups in total. The van der Waals surface area contributed by atoms with Crippen molar-refractivity contribution in [2.45, 2.75) is 31.5 Å². The normalized spacial score (nSPS) is 28.2. The predicted octanol–water partition coefficient (Wildman–Crippen LogP) is 2.33. The maximum absolute atomic E-state index is 8.80. The van der Waals surface area contributed by atoms with Crippen molar-refractivity contribution in [3.05, 3.63) is 34.9 Å². The Hall–Kier alpha value is -1.33. The topological polar surface area (TPSA) is 36.3 Å². The summed E-state index contributed by atoms with van der Waals surface area (Å²) in [4.78, 5) is 0. The SMILES string of the molecule is N#Cc1ccc2c(c1)CCC[C@H]1O[C@H]21. The van der Waals surface area contributed by atoms with E-state index in [1.807, 2.05) is 12.1 Å². The van der Waals surface area contributed by atoms with Crippen molar-refractivity contribution in [2.24, 2.45) is 0 Å². The molecule has 1 aliphatic carbocycles. The first kappa shape index (κ1) is 8.02. The zero-order valence-electron chi connectivity index (χ0n) is 7.86. The molecule has 0 amide bonds. The molecule has 1 heterocycles. The van der Waals surface area contributed by atoms with Gasteiger partial charge in [0, 0.05) is 0 Å². The Morgan fingerprint density at radius 3 is 3.21 bits per heavy atom. The molecule has 0 aromatic heterocycles. The Kier molecular flexibility index (Phi) is 1.62. The van der Waals surface area contributed by atoms with Gasteiger partial charge in [0.15, 0.2) is 0 Å². The minimum atomic E-state index is 0.334. The van der Waals surface area contributed by atoms with E-state index >= 15 is 0 Å². The summed E-state index contributed by atoms with van der Waals surface area (Å²) in [6, 6.07) is 8.15. The van der Waals surface area contributed by atoms with Crippen LogP contribution in [-0.4, -0.2) is 6.10 Å². The van der Waals surface area contributed by atoms with Crippen molar-refractivity contribution in [3.8, 4) is 6.07 Å². The molecule has 70 valence electrons. The minimum absolute atomic E-state index is 0.334. The lowest BCUT2D eigenvalue weighted by atomic mass is 10.0. The van der Waals surface area contributed by atoms with Crippen LogP contribution in [-0.2, 0) is 11.2 Å². The Morgan fingerprint density at radius 2 is 2.36 bits per heavy atom. The van der Waals surface area contributed by atoms with Gasteiger partial charge >= 0.3 is 0 Å². The molecule has 0 unspecified atom stereocenters. The molecular formula is C12H11NO. The second-order valence-electron chi connectivity index (χ2n) is 4.01. The van der Waals surface area contributed by atoms with Crippen molar-refractivity contribution in [1.29, 1.82) is 5.26 Å². The van der Waals surface area contributed by atoms with E-state index in [1.54, 1.807) is 0 Å². The lowest BCUT2D eigenvalue weighted by Crippen LogP contribution is -1.92. The Bertz CT molecular complexity index is 419. The Balaban J connectivity index is 2.07. The molecule has 1 aromatic rings. The summed E-state index contributed by atoms with van der Waals surface area (Å²) >= 11 is 0. The largest absolute Gasteiger partial charge is 0.364 e. The molecule has 2 nitrogen and oxygen atoms in total. The number of fused-ring (bicyclic) bond motifs is 3. The van der Waals surface area contributed by atoms with Gasteiger partial charge in [-0.15, -0.1) is 0 Å². The van der Waals surface area contributed by atoms with Crippen LogP contribution in [0.1, 0.15) is 35.6 Å². The maximum Gasteiger partial charge on any atom is 0.109 e. The average molecular weight is 185 g/mol. The van der Waals surface area contributed by atoms with Crippen molar-refractivity contribution < 1.29 is 4.74 Å². The van der Waals surface area contributed by atoms with Gasteiger partial charge in [-0.1, -0.05) is 6.07 Å². The Morgan fingerprint density at radius 1 is 1.43 bits per heavy atom. The molecule has 1 saturated heterocycles. The van der Waals surface area contributed by atoms with Crippen LogP contribution < -0.4 is 0 Å². The number of hydrogen-bond acceptors (Lipinski definition) is 2. The molecule has 0 saturated carbocycles. The molecule has 2 aliphatic rings. The number of rotatable bonds is 0. The van der Waals surface area contributed by atoms with Crippen LogP contribution in [0.3, 0.4) is 0 Å². The lowest BCUT2D eigenvalue weighted by Gasteiger charge is -2.05. The quantitative estimate of drug-likeness (QED) is 0.581.